The van der Waals surface area contributed by atoms with E-state index in [0.717, 1.165) is 0 Å². The number of hydrogen-bond acceptors (Lipinski definition) is 1. The third-order valence-corrected chi connectivity index (χ3v) is 1.77. The molecule has 0 amide bonds. The quantitative estimate of drug-likeness (QED) is 0.559. The summed E-state index contributed by atoms with van der Waals surface area (Å²) in [5, 5.41) is 8.78. The zero-order valence-corrected chi connectivity index (χ0v) is 5.62. The van der Waals surface area contributed by atoms with Crippen LogP contribution in [0.4, 0.5) is 0 Å². The van der Waals surface area contributed by atoms with Crippen LogP contribution in [-0.2, 0) is 0 Å². The summed E-state index contributed by atoms with van der Waals surface area (Å²) in [5.41, 5.74) is 0. The van der Waals surface area contributed by atoms with Gasteiger partial charge in [0.25, 0.3) is 0 Å². The monoisotopic (exact) mass is 124 g/mol. The van der Waals surface area contributed by atoms with E-state index in [0.29, 0.717) is 11.8 Å². The molecule has 0 radical (unpaired) electrons. The van der Waals surface area contributed by atoms with Crippen molar-refractivity contribution >= 4 is 0 Å². The van der Waals surface area contributed by atoms with Crippen LogP contribution in [0.25, 0.3) is 0 Å². The van der Waals surface area contributed by atoms with Crippen LogP contribution in [0.2, 0.25) is 0 Å². The molecule has 1 N–H and O–H groups in total. The molecule has 1 aliphatic carbocycles. The Morgan fingerprint density at radius 2 is 2.00 bits per heavy atom. The molecule has 0 aromatic heterocycles. The van der Waals surface area contributed by atoms with Crippen molar-refractivity contribution in [1.29, 1.82) is 0 Å². The highest BCUT2D eigenvalue weighted by Gasteiger charge is 2.11. The average molecular weight is 124 g/mol. The first-order chi connectivity index (χ1) is 4.34. The molecule has 1 aliphatic rings. The van der Waals surface area contributed by atoms with Gasteiger partial charge in [-0.15, -0.1) is 0 Å². The molecule has 0 aromatic rings. The Bertz CT molecular complexity index is 136. The highest BCUT2D eigenvalue weighted by molar-refractivity contribution is 5.13. The number of rotatable bonds is 1. The highest BCUT2D eigenvalue weighted by atomic mass is 16.3. The summed E-state index contributed by atoms with van der Waals surface area (Å²) >= 11 is 0. The molecule has 1 rings (SSSR count). The van der Waals surface area contributed by atoms with Crippen molar-refractivity contribution in [3.8, 4) is 0 Å². The van der Waals surface area contributed by atoms with Crippen molar-refractivity contribution < 1.29 is 5.11 Å². The van der Waals surface area contributed by atoms with Gasteiger partial charge in [-0.3, -0.25) is 0 Å². The fourth-order valence-corrected chi connectivity index (χ4v) is 0.991. The van der Waals surface area contributed by atoms with E-state index >= 15 is 0 Å². The van der Waals surface area contributed by atoms with Crippen LogP contribution in [0.3, 0.4) is 0 Å². The zero-order valence-electron chi connectivity index (χ0n) is 5.62. The van der Waals surface area contributed by atoms with Crippen LogP contribution in [0, 0.1) is 11.8 Å². The second-order valence-electron chi connectivity index (χ2n) is 2.48. The average Bonchev–Trinajstić information content (AvgIpc) is 1.89. The minimum atomic E-state index is 0.266. The summed E-state index contributed by atoms with van der Waals surface area (Å²) in [5.74, 6) is 0.843. The van der Waals surface area contributed by atoms with E-state index in [1.54, 1.807) is 0 Å². The molecule has 1 heteroatoms. The number of allylic oxidation sites excluding steroid dienone is 3. The van der Waals surface area contributed by atoms with E-state index in [1.165, 1.54) is 0 Å². The lowest BCUT2D eigenvalue weighted by molar-refractivity contribution is 0.229. The Labute approximate surface area is 55.7 Å². The third kappa shape index (κ3) is 1.42. The molecule has 9 heavy (non-hydrogen) atoms. The Balaban J connectivity index is 2.55. The molecule has 0 saturated carbocycles. The summed E-state index contributed by atoms with van der Waals surface area (Å²) < 4.78 is 0. The van der Waals surface area contributed by atoms with E-state index < -0.39 is 0 Å². The van der Waals surface area contributed by atoms with Crippen molar-refractivity contribution in [2.75, 3.05) is 6.61 Å². The lowest BCUT2D eigenvalue weighted by Gasteiger charge is -2.16. The molecule has 0 fully saturated rings. The van der Waals surface area contributed by atoms with Crippen molar-refractivity contribution in [2.45, 2.75) is 6.92 Å². The van der Waals surface area contributed by atoms with E-state index in [2.05, 4.69) is 13.0 Å². The van der Waals surface area contributed by atoms with Crippen LogP contribution in [0.5, 0.6) is 0 Å². The Morgan fingerprint density at radius 1 is 1.33 bits per heavy atom. The SMILES string of the molecule is CC1C=CC=C[C@@H]1CO. The standard InChI is InChI=1S/C8H12O/c1-7-4-2-3-5-8(7)6-9/h2-5,7-9H,6H2,1H3/t7?,8-/m1/s1. The molecule has 0 spiro atoms. The maximum absolute atomic E-state index is 8.78. The van der Waals surface area contributed by atoms with Gasteiger partial charge in [0.1, 0.15) is 0 Å². The summed E-state index contributed by atoms with van der Waals surface area (Å²) in [4.78, 5) is 0. The van der Waals surface area contributed by atoms with Gasteiger partial charge in [0.05, 0.1) is 0 Å². The highest BCUT2D eigenvalue weighted by Crippen LogP contribution is 2.17. The number of aliphatic hydroxyl groups is 1. The molecular formula is C8H12O. The van der Waals surface area contributed by atoms with Gasteiger partial charge < -0.3 is 5.11 Å². The second kappa shape index (κ2) is 2.83. The Kier molecular flexibility index (Phi) is 2.06. The summed E-state index contributed by atoms with van der Waals surface area (Å²) in [7, 11) is 0. The van der Waals surface area contributed by atoms with E-state index in [9.17, 15) is 0 Å². The van der Waals surface area contributed by atoms with E-state index in [1.807, 2.05) is 18.2 Å². The molecule has 1 unspecified atom stereocenters. The fourth-order valence-electron chi connectivity index (χ4n) is 0.991. The Morgan fingerprint density at radius 3 is 2.44 bits per heavy atom. The van der Waals surface area contributed by atoms with Gasteiger partial charge >= 0.3 is 0 Å². The van der Waals surface area contributed by atoms with Crippen molar-refractivity contribution in [3.05, 3.63) is 24.3 Å². The molecular weight excluding hydrogens is 112 g/mol. The summed E-state index contributed by atoms with van der Waals surface area (Å²) in [6.45, 7) is 2.38. The van der Waals surface area contributed by atoms with E-state index in [-0.39, 0.29) is 6.61 Å². The summed E-state index contributed by atoms with van der Waals surface area (Å²) in [6.07, 6.45) is 8.17. The first-order valence-corrected chi connectivity index (χ1v) is 3.30. The van der Waals surface area contributed by atoms with Gasteiger partial charge in [-0.25, -0.2) is 0 Å². The maximum atomic E-state index is 8.78. The minimum absolute atomic E-state index is 0.266. The third-order valence-electron chi connectivity index (χ3n) is 1.77. The molecule has 0 aromatic carbocycles. The molecule has 0 bridgehead atoms. The van der Waals surface area contributed by atoms with Crippen LogP contribution < -0.4 is 0 Å². The minimum Gasteiger partial charge on any atom is -0.396 e. The van der Waals surface area contributed by atoms with E-state index in [4.69, 9.17) is 5.11 Å². The first-order valence-electron chi connectivity index (χ1n) is 3.30. The molecule has 2 atom stereocenters. The van der Waals surface area contributed by atoms with Crippen LogP contribution in [-0.4, -0.2) is 11.7 Å². The zero-order chi connectivity index (χ0) is 6.69. The van der Waals surface area contributed by atoms with Gasteiger partial charge in [0, 0.05) is 12.5 Å². The second-order valence-corrected chi connectivity index (χ2v) is 2.48. The van der Waals surface area contributed by atoms with Gasteiger partial charge in [-0.1, -0.05) is 31.2 Å². The van der Waals surface area contributed by atoms with Crippen LogP contribution >= 0.6 is 0 Å². The van der Waals surface area contributed by atoms with Gasteiger partial charge in [-0.05, 0) is 5.92 Å². The molecule has 50 valence electrons. The Hall–Kier alpha value is -0.560. The fraction of sp³-hybridized carbons (Fsp3) is 0.500. The van der Waals surface area contributed by atoms with Crippen LogP contribution in [0.15, 0.2) is 24.3 Å². The largest absolute Gasteiger partial charge is 0.396 e. The van der Waals surface area contributed by atoms with Crippen LogP contribution in [0.1, 0.15) is 6.92 Å². The number of aliphatic hydroxyl groups excluding tert-OH is 1. The van der Waals surface area contributed by atoms with Crippen molar-refractivity contribution in [1.82, 2.24) is 0 Å². The summed E-state index contributed by atoms with van der Waals surface area (Å²) in [6, 6.07) is 0. The van der Waals surface area contributed by atoms with Crippen molar-refractivity contribution in [3.63, 3.8) is 0 Å². The van der Waals surface area contributed by atoms with Gasteiger partial charge in [-0.2, -0.15) is 0 Å². The van der Waals surface area contributed by atoms with Crippen molar-refractivity contribution in [2.24, 2.45) is 11.8 Å². The molecule has 1 nitrogen and oxygen atoms in total. The smallest absolute Gasteiger partial charge is 0.0499 e. The van der Waals surface area contributed by atoms with Gasteiger partial charge in [0.2, 0.25) is 0 Å². The first kappa shape index (κ1) is 6.56. The lowest BCUT2D eigenvalue weighted by Crippen LogP contribution is -2.12. The molecule has 0 aliphatic heterocycles. The lowest BCUT2D eigenvalue weighted by atomic mass is 9.91. The van der Waals surface area contributed by atoms with Gasteiger partial charge in [0.15, 0.2) is 0 Å². The molecule has 0 heterocycles. The molecule has 0 saturated heterocycles. The normalized spacial score (nSPS) is 33.1. The maximum Gasteiger partial charge on any atom is 0.0499 e. The number of hydrogen-bond donors (Lipinski definition) is 1. The predicted molar refractivity (Wildman–Crippen MR) is 38.0 cm³/mol. The topological polar surface area (TPSA) is 20.2 Å². The predicted octanol–water partition coefficient (Wildman–Crippen LogP) is 1.36.